The van der Waals surface area contributed by atoms with E-state index in [0.29, 0.717) is 0 Å². The Labute approximate surface area is 103 Å². The van der Waals surface area contributed by atoms with Crippen molar-refractivity contribution in [3.05, 3.63) is 18.0 Å². The van der Waals surface area contributed by atoms with Crippen molar-refractivity contribution in [2.75, 3.05) is 26.2 Å². The summed E-state index contributed by atoms with van der Waals surface area (Å²) >= 11 is 0. The van der Waals surface area contributed by atoms with Crippen LogP contribution >= 0.6 is 0 Å². The summed E-state index contributed by atoms with van der Waals surface area (Å²) in [5, 5.41) is 4.16. The smallest absolute Gasteiger partial charge is 0.0910 e. The van der Waals surface area contributed by atoms with Gasteiger partial charge in [0, 0.05) is 26.3 Å². The van der Waals surface area contributed by atoms with Gasteiger partial charge in [0.15, 0.2) is 0 Å². The molecule has 0 aliphatic carbocycles. The molecule has 0 bridgehead atoms. The van der Waals surface area contributed by atoms with Gasteiger partial charge in [0.2, 0.25) is 0 Å². The number of rotatable bonds is 4. The van der Waals surface area contributed by atoms with Crippen LogP contribution in [0.1, 0.15) is 25.1 Å². The predicted molar refractivity (Wildman–Crippen MR) is 66.6 cm³/mol. The molecular formula is C12H22N4O. The van der Waals surface area contributed by atoms with Gasteiger partial charge in [0.1, 0.15) is 0 Å². The molecule has 96 valence electrons. The topological polar surface area (TPSA) is 56.3 Å². The summed E-state index contributed by atoms with van der Waals surface area (Å²) in [7, 11) is 1.92. The van der Waals surface area contributed by atoms with Crippen molar-refractivity contribution < 1.29 is 4.74 Å². The molecule has 2 rings (SSSR count). The van der Waals surface area contributed by atoms with Crippen LogP contribution in [0.25, 0.3) is 0 Å². The van der Waals surface area contributed by atoms with Crippen LogP contribution in [0, 0.1) is 0 Å². The SMILES string of the molecule is CCCN1CCOC(C(N)c2ccnn2C)C1. The maximum absolute atomic E-state index is 6.26. The molecule has 1 aliphatic rings. The van der Waals surface area contributed by atoms with Crippen LogP contribution < -0.4 is 5.73 Å². The monoisotopic (exact) mass is 238 g/mol. The molecule has 0 saturated carbocycles. The molecule has 5 heteroatoms. The van der Waals surface area contributed by atoms with Crippen LogP contribution in [0.5, 0.6) is 0 Å². The third kappa shape index (κ3) is 2.86. The zero-order chi connectivity index (χ0) is 12.3. The lowest BCUT2D eigenvalue weighted by Crippen LogP contribution is -2.47. The lowest BCUT2D eigenvalue weighted by Gasteiger charge is -2.35. The van der Waals surface area contributed by atoms with Crippen LogP contribution in [0.3, 0.4) is 0 Å². The highest BCUT2D eigenvalue weighted by Gasteiger charge is 2.27. The first kappa shape index (κ1) is 12.5. The number of nitrogens with zero attached hydrogens (tertiary/aromatic N) is 3. The van der Waals surface area contributed by atoms with Gasteiger partial charge < -0.3 is 10.5 Å². The number of nitrogens with two attached hydrogens (primary N) is 1. The second kappa shape index (κ2) is 5.62. The number of aromatic nitrogens is 2. The molecule has 2 unspecified atom stereocenters. The van der Waals surface area contributed by atoms with Gasteiger partial charge in [-0.3, -0.25) is 9.58 Å². The molecule has 17 heavy (non-hydrogen) atoms. The summed E-state index contributed by atoms with van der Waals surface area (Å²) in [6.45, 7) is 6.03. The van der Waals surface area contributed by atoms with Crippen molar-refractivity contribution >= 4 is 0 Å². The average Bonchev–Trinajstić information content (AvgIpc) is 2.75. The highest BCUT2D eigenvalue weighted by molar-refractivity contribution is 5.08. The van der Waals surface area contributed by atoms with E-state index in [0.717, 1.165) is 31.9 Å². The number of morpholine rings is 1. The molecule has 0 radical (unpaired) electrons. The lowest BCUT2D eigenvalue weighted by molar-refractivity contribution is -0.0418. The van der Waals surface area contributed by atoms with Crippen LogP contribution in [-0.2, 0) is 11.8 Å². The minimum Gasteiger partial charge on any atom is -0.374 e. The summed E-state index contributed by atoms with van der Waals surface area (Å²) in [5.41, 5.74) is 7.30. The summed E-state index contributed by atoms with van der Waals surface area (Å²) in [6, 6.07) is 1.87. The fourth-order valence-electron chi connectivity index (χ4n) is 2.37. The van der Waals surface area contributed by atoms with Crippen molar-refractivity contribution in [2.24, 2.45) is 12.8 Å². The summed E-state index contributed by atoms with van der Waals surface area (Å²) in [4.78, 5) is 2.42. The van der Waals surface area contributed by atoms with E-state index in [1.165, 1.54) is 6.42 Å². The molecule has 1 aromatic rings. The zero-order valence-corrected chi connectivity index (χ0v) is 10.7. The Morgan fingerprint density at radius 2 is 2.47 bits per heavy atom. The van der Waals surface area contributed by atoms with Gasteiger partial charge in [-0.15, -0.1) is 0 Å². The lowest BCUT2D eigenvalue weighted by atomic mass is 10.1. The van der Waals surface area contributed by atoms with Crippen molar-refractivity contribution in [1.29, 1.82) is 0 Å². The largest absolute Gasteiger partial charge is 0.374 e. The Balaban J connectivity index is 1.99. The van der Waals surface area contributed by atoms with Crippen molar-refractivity contribution in [3.8, 4) is 0 Å². The van der Waals surface area contributed by atoms with Crippen LogP contribution in [0.15, 0.2) is 12.3 Å². The van der Waals surface area contributed by atoms with Gasteiger partial charge in [0.05, 0.1) is 24.4 Å². The molecular weight excluding hydrogens is 216 g/mol. The molecule has 2 heterocycles. The summed E-state index contributed by atoms with van der Waals surface area (Å²) in [6.07, 6.45) is 3.03. The van der Waals surface area contributed by atoms with E-state index < -0.39 is 0 Å². The van der Waals surface area contributed by atoms with E-state index in [1.54, 1.807) is 6.20 Å². The third-order valence-corrected chi connectivity index (χ3v) is 3.32. The fourth-order valence-corrected chi connectivity index (χ4v) is 2.37. The standard InChI is InChI=1S/C12H22N4O/c1-3-6-16-7-8-17-11(9-16)12(13)10-4-5-14-15(10)2/h4-5,11-12H,3,6-9,13H2,1-2H3. The molecule has 1 aromatic heterocycles. The number of ether oxygens (including phenoxy) is 1. The van der Waals surface area contributed by atoms with Crippen LogP contribution in [-0.4, -0.2) is 47.0 Å². The minimum absolute atomic E-state index is 0.0747. The molecule has 1 saturated heterocycles. The molecule has 2 N–H and O–H groups in total. The first-order valence-electron chi connectivity index (χ1n) is 6.29. The summed E-state index contributed by atoms with van der Waals surface area (Å²) in [5.74, 6) is 0. The maximum atomic E-state index is 6.26. The zero-order valence-electron chi connectivity index (χ0n) is 10.7. The quantitative estimate of drug-likeness (QED) is 0.831. The van der Waals surface area contributed by atoms with Gasteiger partial charge in [-0.1, -0.05) is 6.92 Å². The first-order valence-corrected chi connectivity index (χ1v) is 6.29. The molecule has 0 spiro atoms. The van der Waals surface area contributed by atoms with Crippen molar-refractivity contribution in [3.63, 3.8) is 0 Å². The van der Waals surface area contributed by atoms with Gasteiger partial charge in [-0.05, 0) is 19.0 Å². The molecule has 0 amide bonds. The Hall–Kier alpha value is -0.910. The summed E-state index contributed by atoms with van der Waals surface area (Å²) < 4.78 is 7.61. The Bertz CT molecular complexity index is 350. The second-order valence-electron chi connectivity index (χ2n) is 4.62. The highest BCUT2D eigenvalue weighted by atomic mass is 16.5. The van der Waals surface area contributed by atoms with Gasteiger partial charge in [0.25, 0.3) is 0 Å². The van der Waals surface area contributed by atoms with Gasteiger partial charge in [-0.2, -0.15) is 5.10 Å². The van der Waals surface area contributed by atoms with E-state index >= 15 is 0 Å². The molecule has 5 nitrogen and oxygen atoms in total. The predicted octanol–water partition coefficient (Wildman–Crippen LogP) is 0.531. The maximum Gasteiger partial charge on any atom is 0.0910 e. The normalized spacial score (nSPS) is 23.8. The van der Waals surface area contributed by atoms with Crippen LogP contribution in [0.2, 0.25) is 0 Å². The van der Waals surface area contributed by atoms with E-state index in [4.69, 9.17) is 10.5 Å². The molecule has 0 aromatic carbocycles. The Morgan fingerprint density at radius 3 is 3.12 bits per heavy atom. The average molecular weight is 238 g/mol. The van der Waals surface area contributed by atoms with Gasteiger partial charge in [-0.25, -0.2) is 0 Å². The van der Waals surface area contributed by atoms with E-state index in [1.807, 2.05) is 17.8 Å². The molecule has 1 aliphatic heterocycles. The second-order valence-corrected chi connectivity index (χ2v) is 4.62. The van der Waals surface area contributed by atoms with Crippen molar-refractivity contribution in [2.45, 2.75) is 25.5 Å². The minimum atomic E-state index is -0.0952. The third-order valence-electron chi connectivity index (χ3n) is 3.32. The fraction of sp³-hybridized carbons (Fsp3) is 0.750. The van der Waals surface area contributed by atoms with E-state index in [9.17, 15) is 0 Å². The van der Waals surface area contributed by atoms with Crippen LogP contribution in [0.4, 0.5) is 0 Å². The number of hydrogen-bond donors (Lipinski definition) is 1. The number of hydrogen-bond acceptors (Lipinski definition) is 4. The van der Waals surface area contributed by atoms with E-state index in [2.05, 4.69) is 16.9 Å². The Kier molecular flexibility index (Phi) is 4.15. The highest BCUT2D eigenvalue weighted by Crippen LogP contribution is 2.19. The molecule has 2 atom stereocenters. The number of aryl methyl sites for hydroxylation is 1. The Morgan fingerprint density at radius 1 is 1.65 bits per heavy atom. The first-order chi connectivity index (χ1) is 8.22. The van der Waals surface area contributed by atoms with Crippen molar-refractivity contribution in [1.82, 2.24) is 14.7 Å². The molecule has 1 fully saturated rings. The van der Waals surface area contributed by atoms with Gasteiger partial charge >= 0.3 is 0 Å². The van der Waals surface area contributed by atoms with E-state index in [-0.39, 0.29) is 12.1 Å².